The van der Waals surface area contributed by atoms with Crippen LogP contribution in [-0.2, 0) is 19.1 Å². The number of carbonyl (C=O) groups excluding carboxylic acids is 3. The molecule has 0 radical (unpaired) electrons. The molecule has 1 saturated carbocycles. The second-order valence-corrected chi connectivity index (χ2v) is 11.4. The molecule has 3 fully saturated rings. The van der Waals surface area contributed by atoms with Crippen LogP contribution < -0.4 is 0 Å². The Kier molecular flexibility index (Phi) is 6.58. The van der Waals surface area contributed by atoms with E-state index in [4.69, 9.17) is 9.84 Å². The van der Waals surface area contributed by atoms with E-state index in [0.717, 1.165) is 38.5 Å². The summed E-state index contributed by atoms with van der Waals surface area (Å²) in [4.78, 5) is 44.8. The smallest absolute Gasteiger partial charge is 0.311 e. The lowest BCUT2D eigenvalue weighted by Gasteiger charge is -2.39. The SMILES string of the molecule is O=C1OCC=C[C@H]2S[C@]34C=CCN(C5CCCCC5)C(=O)C3N(CCCCCO)C(=O)[C@@H]4[C@@H]12. The number of ether oxygens (including phenoxy) is 1. The lowest BCUT2D eigenvalue weighted by atomic mass is 9.78. The van der Waals surface area contributed by atoms with Crippen LogP contribution >= 0.6 is 11.8 Å². The first kappa shape index (κ1) is 23.0. The summed E-state index contributed by atoms with van der Waals surface area (Å²) in [6, 6.07) is -0.374. The van der Waals surface area contributed by atoms with Crippen molar-refractivity contribution in [3.05, 3.63) is 24.3 Å². The lowest BCUT2D eigenvalue weighted by Crippen LogP contribution is -2.55. The molecule has 1 spiro atoms. The predicted molar refractivity (Wildman–Crippen MR) is 125 cm³/mol. The van der Waals surface area contributed by atoms with Crippen molar-refractivity contribution in [2.24, 2.45) is 11.8 Å². The van der Waals surface area contributed by atoms with E-state index in [2.05, 4.69) is 12.2 Å². The normalized spacial score (nSPS) is 36.3. The average molecular weight is 475 g/mol. The highest BCUT2D eigenvalue weighted by molar-refractivity contribution is 8.02. The molecule has 2 saturated heterocycles. The van der Waals surface area contributed by atoms with Gasteiger partial charge in [0.2, 0.25) is 11.8 Å². The van der Waals surface area contributed by atoms with Gasteiger partial charge in [0.05, 0.1) is 16.6 Å². The van der Waals surface area contributed by atoms with Gasteiger partial charge >= 0.3 is 5.97 Å². The zero-order valence-electron chi connectivity index (χ0n) is 19.1. The Morgan fingerprint density at radius 1 is 1.06 bits per heavy atom. The molecule has 4 heterocycles. The highest BCUT2D eigenvalue weighted by atomic mass is 32.2. The van der Waals surface area contributed by atoms with Gasteiger partial charge in [-0.1, -0.05) is 43.6 Å². The fourth-order valence-electron chi connectivity index (χ4n) is 6.52. The molecule has 2 amide bonds. The summed E-state index contributed by atoms with van der Waals surface area (Å²) in [7, 11) is 0. The van der Waals surface area contributed by atoms with Gasteiger partial charge in [0.25, 0.3) is 0 Å². The summed E-state index contributed by atoms with van der Waals surface area (Å²) < 4.78 is 4.67. The van der Waals surface area contributed by atoms with Crippen LogP contribution in [0.25, 0.3) is 0 Å². The highest BCUT2D eigenvalue weighted by Gasteiger charge is 2.71. The van der Waals surface area contributed by atoms with Crippen LogP contribution in [-0.4, -0.2) is 81.1 Å². The molecule has 0 aromatic heterocycles. The predicted octanol–water partition coefficient (Wildman–Crippen LogP) is 2.29. The number of nitrogens with zero attached hydrogens (tertiary/aromatic N) is 2. The van der Waals surface area contributed by atoms with Gasteiger partial charge in [-0.15, -0.1) is 11.8 Å². The minimum atomic E-state index is -0.745. The van der Waals surface area contributed by atoms with E-state index in [-0.39, 0.29) is 42.3 Å². The number of likely N-dealkylation sites (tertiary alicyclic amines) is 1. The van der Waals surface area contributed by atoms with E-state index in [1.165, 1.54) is 6.42 Å². The number of cyclic esters (lactones) is 1. The van der Waals surface area contributed by atoms with Crippen molar-refractivity contribution >= 4 is 29.5 Å². The minimum Gasteiger partial charge on any atom is -0.461 e. The molecule has 0 bridgehead atoms. The van der Waals surface area contributed by atoms with Gasteiger partial charge < -0.3 is 19.6 Å². The third kappa shape index (κ3) is 3.83. The van der Waals surface area contributed by atoms with Gasteiger partial charge in [-0.05, 0) is 32.1 Å². The number of hydrogen-bond donors (Lipinski definition) is 1. The van der Waals surface area contributed by atoms with Crippen molar-refractivity contribution in [1.29, 1.82) is 0 Å². The molecule has 1 aliphatic carbocycles. The summed E-state index contributed by atoms with van der Waals surface area (Å²) >= 11 is 1.61. The largest absolute Gasteiger partial charge is 0.461 e. The third-order valence-electron chi connectivity index (χ3n) is 8.02. The van der Waals surface area contributed by atoms with Crippen molar-refractivity contribution in [3.63, 3.8) is 0 Å². The van der Waals surface area contributed by atoms with Gasteiger partial charge in [0, 0.05) is 31.0 Å². The number of hydrogen-bond acceptors (Lipinski definition) is 6. The maximum atomic E-state index is 14.2. The van der Waals surface area contributed by atoms with Crippen molar-refractivity contribution < 1.29 is 24.2 Å². The molecular formula is C25H34N2O5S. The minimum absolute atomic E-state index is 0.0335. The number of carbonyl (C=O) groups is 3. The summed E-state index contributed by atoms with van der Waals surface area (Å²) in [5, 5.41) is 9.00. The molecular weight excluding hydrogens is 440 g/mol. The fourth-order valence-corrected chi connectivity index (χ4v) is 8.52. The van der Waals surface area contributed by atoms with Gasteiger partial charge in [-0.25, -0.2) is 0 Å². The van der Waals surface area contributed by atoms with Crippen LogP contribution in [0.2, 0.25) is 0 Å². The van der Waals surface area contributed by atoms with E-state index in [0.29, 0.717) is 19.5 Å². The van der Waals surface area contributed by atoms with Gasteiger partial charge in [0.1, 0.15) is 12.6 Å². The Bertz CT molecular complexity index is 854. The zero-order valence-corrected chi connectivity index (χ0v) is 19.9. The van der Waals surface area contributed by atoms with Crippen LogP contribution in [0.1, 0.15) is 51.4 Å². The van der Waals surface area contributed by atoms with Gasteiger partial charge in [-0.3, -0.25) is 14.4 Å². The van der Waals surface area contributed by atoms with Crippen LogP contribution in [0.15, 0.2) is 24.3 Å². The number of unbranched alkanes of at least 4 members (excludes halogenated alkanes) is 2. The number of rotatable bonds is 6. The quantitative estimate of drug-likeness (QED) is 0.361. The second kappa shape index (κ2) is 9.45. The maximum absolute atomic E-state index is 14.2. The van der Waals surface area contributed by atoms with Crippen molar-refractivity contribution in [3.8, 4) is 0 Å². The highest BCUT2D eigenvalue weighted by Crippen LogP contribution is 2.61. The monoisotopic (exact) mass is 474 g/mol. The fraction of sp³-hybridized carbons (Fsp3) is 0.720. The number of amides is 2. The summed E-state index contributed by atoms with van der Waals surface area (Å²) in [6.07, 6.45) is 15.7. The Morgan fingerprint density at radius 2 is 1.88 bits per heavy atom. The van der Waals surface area contributed by atoms with Crippen molar-refractivity contribution in [1.82, 2.24) is 9.80 Å². The van der Waals surface area contributed by atoms with Gasteiger partial charge in [-0.2, -0.15) is 0 Å². The zero-order chi connectivity index (χ0) is 23.0. The van der Waals surface area contributed by atoms with E-state index in [9.17, 15) is 14.4 Å². The number of esters is 1. The van der Waals surface area contributed by atoms with Crippen molar-refractivity contribution in [2.45, 2.75) is 73.4 Å². The summed E-state index contributed by atoms with van der Waals surface area (Å²) in [5.41, 5.74) is 0. The van der Waals surface area contributed by atoms with E-state index >= 15 is 0 Å². The molecule has 180 valence electrons. The molecule has 0 aromatic rings. The third-order valence-corrected chi connectivity index (χ3v) is 9.76. The molecule has 33 heavy (non-hydrogen) atoms. The van der Waals surface area contributed by atoms with E-state index in [1.807, 2.05) is 17.1 Å². The first-order valence-electron chi connectivity index (χ1n) is 12.5. The Hall–Kier alpha value is -1.80. The van der Waals surface area contributed by atoms with Gasteiger partial charge in [0.15, 0.2) is 0 Å². The van der Waals surface area contributed by atoms with E-state index in [1.54, 1.807) is 16.7 Å². The van der Waals surface area contributed by atoms with Crippen LogP contribution in [0.5, 0.6) is 0 Å². The molecule has 5 aliphatic rings. The number of aliphatic hydroxyl groups is 1. The number of aliphatic hydroxyl groups excluding tert-OH is 1. The lowest BCUT2D eigenvalue weighted by molar-refractivity contribution is -0.151. The topological polar surface area (TPSA) is 87.2 Å². The maximum Gasteiger partial charge on any atom is 0.311 e. The molecule has 8 heteroatoms. The molecule has 1 unspecified atom stereocenters. The molecule has 7 nitrogen and oxygen atoms in total. The van der Waals surface area contributed by atoms with Crippen LogP contribution in [0.3, 0.4) is 0 Å². The summed E-state index contributed by atoms with van der Waals surface area (Å²) in [5.74, 6) is -1.55. The second-order valence-electron chi connectivity index (χ2n) is 9.90. The first-order valence-corrected chi connectivity index (χ1v) is 13.4. The first-order chi connectivity index (χ1) is 16.1. The molecule has 4 aliphatic heterocycles. The summed E-state index contributed by atoms with van der Waals surface area (Å²) in [6.45, 7) is 1.40. The average Bonchev–Trinajstić information content (AvgIpc) is 3.11. The Labute approximate surface area is 199 Å². The molecule has 1 N–H and O–H groups in total. The van der Waals surface area contributed by atoms with Crippen LogP contribution in [0, 0.1) is 11.8 Å². The Morgan fingerprint density at radius 3 is 2.67 bits per heavy atom. The number of thioether (sulfide) groups is 1. The molecule has 5 atom stereocenters. The van der Waals surface area contributed by atoms with Crippen LogP contribution in [0.4, 0.5) is 0 Å². The Balaban J connectivity index is 1.51. The molecule has 5 rings (SSSR count). The van der Waals surface area contributed by atoms with Crippen molar-refractivity contribution in [2.75, 3.05) is 26.3 Å². The number of fused-ring (bicyclic) bond motifs is 2. The molecule has 0 aromatic carbocycles. The van der Waals surface area contributed by atoms with E-state index < -0.39 is 22.6 Å². The standard InChI is InChI=1S/C25H34N2O5S/c28-15-6-2-5-13-27-21-23(30)26(17-9-3-1-4-10-17)14-8-12-25(21)20(22(27)29)19-18(33-25)11-7-16-32-24(19)31/h7-8,11-12,17-21,28H,1-6,9-10,13-16H2/t18-,19+,20+,21?,25+/m1/s1.